The Morgan fingerprint density at radius 3 is 2.41 bits per heavy atom. The number of carbonyl (C=O) groups excluding carboxylic acids is 2. The number of carbonyl (C=O) groups is 2. The first-order valence-corrected chi connectivity index (χ1v) is 12.5. The average molecular weight is 489 g/mol. The maximum absolute atomic E-state index is 13.3. The molecule has 0 saturated carbocycles. The Hall–Kier alpha value is -2.73. The van der Waals surface area contributed by atoms with E-state index in [-0.39, 0.29) is 18.2 Å². The molecular weight excluding hydrogens is 452 g/mol. The highest BCUT2D eigenvalue weighted by Crippen LogP contribution is 2.29. The Balaban J connectivity index is 2.15. The van der Waals surface area contributed by atoms with E-state index in [9.17, 15) is 9.59 Å². The number of benzene rings is 2. The van der Waals surface area contributed by atoms with Crippen molar-refractivity contribution in [2.75, 3.05) is 19.8 Å². The van der Waals surface area contributed by atoms with E-state index in [0.717, 1.165) is 24.0 Å². The Labute approximate surface area is 208 Å². The van der Waals surface area contributed by atoms with Crippen LogP contribution in [0.1, 0.15) is 58.1 Å². The summed E-state index contributed by atoms with van der Waals surface area (Å²) in [4.78, 5) is 27.7. The van der Waals surface area contributed by atoms with Gasteiger partial charge < -0.3 is 19.7 Å². The molecule has 2 rings (SSSR count). The van der Waals surface area contributed by atoms with Crippen molar-refractivity contribution < 1.29 is 19.1 Å². The van der Waals surface area contributed by atoms with Gasteiger partial charge in [0.15, 0.2) is 11.5 Å². The lowest BCUT2D eigenvalue weighted by Crippen LogP contribution is -2.47. The fourth-order valence-corrected chi connectivity index (χ4v) is 3.81. The van der Waals surface area contributed by atoms with Crippen LogP contribution in [0.5, 0.6) is 11.5 Å². The first kappa shape index (κ1) is 27.5. The van der Waals surface area contributed by atoms with Gasteiger partial charge in [0.05, 0.1) is 13.2 Å². The van der Waals surface area contributed by atoms with Gasteiger partial charge in [-0.25, -0.2) is 0 Å². The minimum absolute atomic E-state index is 0.0926. The molecule has 0 saturated heterocycles. The second kappa shape index (κ2) is 14.5. The number of unbranched alkanes of at least 4 members (excludes halogenated alkanes) is 1. The van der Waals surface area contributed by atoms with Gasteiger partial charge in [-0.05, 0) is 69.0 Å². The topological polar surface area (TPSA) is 67.9 Å². The largest absolute Gasteiger partial charge is 0.490 e. The molecule has 0 bridgehead atoms. The number of ether oxygens (including phenoxy) is 2. The van der Waals surface area contributed by atoms with Crippen LogP contribution in [0.3, 0.4) is 0 Å². The van der Waals surface area contributed by atoms with Gasteiger partial charge in [0.25, 0.3) is 0 Å². The molecule has 2 aromatic rings. The quantitative estimate of drug-likeness (QED) is 0.361. The second-order valence-corrected chi connectivity index (χ2v) is 8.56. The molecule has 0 aliphatic rings. The third-order valence-electron chi connectivity index (χ3n) is 5.47. The Morgan fingerprint density at radius 2 is 1.74 bits per heavy atom. The fourth-order valence-electron chi connectivity index (χ4n) is 3.60. The van der Waals surface area contributed by atoms with Crippen molar-refractivity contribution in [1.29, 1.82) is 0 Å². The first-order chi connectivity index (χ1) is 16.4. The number of nitrogens with zero attached hydrogens (tertiary/aromatic N) is 1. The number of hydrogen-bond donors (Lipinski definition) is 1. The zero-order valence-electron chi connectivity index (χ0n) is 20.7. The molecule has 1 N–H and O–H groups in total. The van der Waals surface area contributed by atoms with Crippen LogP contribution in [0, 0.1) is 0 Å². The molecule has 0 unspecified atom stereocenters. The molecule has 0 aliphatic heterocycles. The molecule has 186 valence electrons. The van der Waals surface area contributed by atoms with Crippen LogP contribution in [-0.4, -0.2) is 42.5 Å². The Kier molecular flexibility index (Phi) is 11.7. The average Bonchev–Trinajstić information content (AvgIpc) is 2.82. The summed E-state index contributed by atoms with van der Waals surface area (Å²) in [5.41, 5.74) is 1.86. The highest BCUT2D eigenvalue weighted by Gasteiger charge is 2.26. The van der Waals surface area contributed by atoms with Gasteiger partial charge in [-0.1, -0.05) is 43.1 Å². The van der Waals surface area contributed by atoms with Crippen LogP contribution in [-0.2, 0) is 22.6 Å². The van der Waals surface area contributed by atoms with Crippen molar-refractivity contribution in [3.05, 3.63) is 58.6 Å². The molecule has 1 atom stereocenters. The van der Waals surface area contributed by atoms with Gasteiger partial charge in [-0.2, -0.15) is 0 Å². The summed E-state index contributed by atoms with van der Waals surface area (Å²) in [6.07, 6.45) is 2.69. The number of amides is 2. The molecule has 2 aromatic carbocycles. The standard InChI is InChI=1S/C27H37ClN2O4/c1-5-8-16-29-27(32)20(4)30(19-22-10-9-11-23(28)17-22)26(31)15-13-21-12-14-24(33-6-2)25(18-21)34-7-3/h9-12,14,17-18,20H,5-8,13,15-16,19H2,1-4H3,(H,29,32)/t20-/m1/s1. The van der Waals surface area contributed by atoms with Crippen molar-refractivity contribution in [2.24, 2.45) is 0 Å². The van der Waals surface area contributed by atoms with Gasteiger partial charge in [-0.3, -0.25) is 9.59 Å². The highest BCUT2D eigenvalue weighted by molar-refractivity contribution is 6.30. The molecule has 6 nitrogen and oxygen atoms in total. The van der Waals surface area contributed by atoms with Crippen molar-refractivity contribution >= 4 is 23.4 Å². The van der Waals surface area contributed by atoms with E-state index >= 15 is 0 Å². The summed E-state index contributed by atoms with van der Waals surface area (Å²) in [5.74, 6) is 1.13. The van der Waals surface area contributed by atoms with Crippen LogP contribution >= 0.6 is 11.6 Å². The number of aryl methyl sites for hydroxylation is 1. The van der Waals surface area contributed by atoms with Crippen LogP contribution in [0.2, 0.25) is 5.02 Å². The summed E-state index contributed by atoms with van der Waals surface area (Å²) in [5, 5.41) is 3.54. The van der Waals surface area contributed by atoms with Crippen molar-refractivity contribution in [3.8, 4) is 11.5 Å². The van der Waals surface area contributed by atoms with E-state index < -0.39 is 6.04 Å². The lowest BCUT2D eigenvalue weighted by atomic mass is 10.1. The molecule has 7 heteroatoms. The van der Waals surface area contributed by atoms with E-state index in [1.165, 1.54) is 0 Å². The number of halogens is 1. The molecule has 0 aliphatic carbocycles. The van der Waals surface area contributed by atoms with Gasteiger partial charge in [0.1, 0.15) is 6.04 Å². The van der Waals surface area contributed by atoms with Crippen LogP contribution in [0.15, 0.2) is 42.5 Å². The normalized spacial score (nSPS) is 11.6. The molecule has 0 spiro atoms. The molecular formula is C27H37ClN2O4. The number of nitrogens with one attached hydrogen (secondary N) is 1. The molecule has 0 fully saturated rings. The van der Waals surface area contributed by atoms with Gasteiger partial charge in [-0.15, -0.1) is 0 Å². The van der Waals surface area contributed by atoms with Crippen LogP contribution < -0.4 is 14.8 Å². The smallest absolute Gasteiger partial charge is 0.242 e. The van der Waals surface area contributed by atoms with Gasteiger partial charge in [0.2, 0.25) is 11.8 Å². The van der Waals surface area contributed by atoms with E-state index in [0.29, 0.717) is 49.2 Å². The zero-order valence-corrected chi connectivity index (χ0v) is 21.5. The predicted octanol–water partition coefficient (Wildman–Crippen LogP) is 5.40. The summed E-state index contributed by atoms with van der Waals surface area (Å²) in [7, 11) is 0. The SMILES string of the molecule is CCCCNC(=O)[C@@H](C)N(Cc1cccc(Cl)c1)C(=O)CCc1ccc(OCC)c(OCC)c1. The maximum Gasteiger partial charge on any atom is 0.242 e. The van der Waals surface area contributed by atoms with E-state index in [2.05, 4.69) is 12.2 Å². The van der Waals surface area contributed by atoms with Crippen LogP contribution in [0.25, 0.3) is 0 Å². The lowest BCUT2D eigenvalue weighted by Gasteiger charge is -2.29. The Morgan fingerprint density at radius 1 is 1.00 bits per heavy atom. The summed E-state index contributed by atoms with van der Waals surface area (Å²) >= 11 is 6.15. The number of hydrogen-bond acceptors (Lipinski definition) is 4. The second-order valence-electron chi connectivity index (χ2n) is 8.12. The van der Waals surface area contributed by atoms with Gasteiger partial charge in [0, 0.05) is 24.5 Å². The first-order valence-electron chi connectivity index (χ1n) is 12.1. The maximum atomic E-state index is 13.3. The summed E-state index contributed by atoms with van der Waals surface area (Å²) in [6, 6.07) is 12.5. The highest BCUT2D eigenvalue weighted by atomic mass is 35.5. The molecule has 0 heterocycles. The van der Waals surface area contributed by atoms with E-state index in [4.69, 9.17) is 21.1 Å². The monoisotopic (exact) mass is 488 g/mol. The molecule has 34 heavy (non-hydrogen) atoms. The lowest BCUT2D eigenvalue weighted by molar-refractivity contribution is -0.140. The summed E-state index contributed by atoms with van der Waals surface area (Å²) < 4.78 is 11.3. The van der Waals surface area contributed by atoms with Crippen molar-refractivity contribution in [1.82, 2.24) is 10.2 Å². The van der Waals surface area contributed by atoms with Crippen molar-refractivity contribution in [2.45, 2.75) is 66.0 Å². The number of rotatable bonds is 14. The Bertz CT molecular complexity index is 935. The third kappa shape index (κ3) is 8.56. The van der Waals surface area contributed by atoms with Crippen molar-refractivity contribution in [3.63, 3.8) is 0 Å². The molecule has 0 radical (unpaired) electrons. The fraction of sp³-hybridized carbons (Fsp3) is 0.481. The third-order valence-corrected chi connectivity index (χ3v) is 5.71. The van der Waals surface area contributed by atoms with E-state index in [1.807, 2.05) is 50.2 Å². The predicted molar refractivity (Wildman–Crippen MR) is 136 cm³/mol. The molecule has 0 aromatic heterocycles. The minimum atomic E-state index is -0.595. The van der Waals surface area contributed by atoms with Crippen LogP contribution in [0.4, 0.5) is 0 Å². The zero-order chi connectivity index (χ0) is 24.9. The molecule has 2 amide bonds. The van der Waals surface area contributed by atoms with Gasteiger partial charge >= 0.3 is 0 Å². The minimum Gasteiger partial charge on any atom is -0.490 e. The summed E-state index contributed by atoms with van der Waals surface area (Å²) in [6.45, 7) is 9.69. The van der Waals surface area contributed by atoms with E-state index in [1.54, 1.807) is 17.9 Å².